The van der Waals surface area contributed by atoms with Crippen LogP contribution in [-0.4, -0.2) is 30.1 Å². The summed E-state index contributed by atoms with van der Waals surface area (Å²) in [6, 6.07) is 9.51. The molecule has 22 heavy (non-hydrogen) atoms. The molecule has 2 heterocycles. The summed E-state index contributed by atoms with van der Waals surface area (Å²) in [6.45, 7) is 1.62. The second-order valence-electron chi connectivity index (χ2n) is 5.76. The van der Waals surface area contributed by atoms with Gasteiger partial charge in [0.1, 0.15) is 0 Å². The van der Waals surface area contributed by atoms with E-state index < -0.39 is 0 Å². The van der Waals surface area contributed by atoms with Gasteiger partial charge in [-0.25, -0.2) is 0 Å². The number of nitrogens with zero attached hydrogens (tertiary/aromatic N) is 1. The maximum absolute atomic E-state index is 12.3. The molecule has 0 bridgehead atoms. The Labute approximate surface area is 130 Å². The number of aromatic nitrogens is 1. The Kier molecular flexibility index (Phi) is 5.01. The lowest BCUT2D eigenvalue weighted by Crippen LogP contribution is -2.24. The molecule has 0 spiro atoms. The van der Waals surface area contributed by atoms with E-state index in [1.807, 2.05) is 24.3 Å². The monoisotopic (exact) mass is 298 g/mol. The van der Waals surface area contributed by atoms with Crippen LogP contribution in [0.5, 0.6) is 0 Å². The molecule has 116 valence electrons. The Morgan fingerprint density at radius 3 is 3.05 bits per heavy atom. The van der Waals surface area contributed by atoms with E-state index in [0.717, 1.165) is 36.8 Å². The van der Waals surface area contributed by atoms with Gasteiger partial charge in [-0.1, -0.05) is 18.2 Å². The molecule has 4 heteroatoms. The number of rotatable bonds is 6. The van der Waals surface area contributed by atoms with E-state index in [9.17, 15) is 4.79 Å². The van der Waals surface area contributed by atoms with Crippen molar-refractivity contribution in [3.8, 4) is 0 Å². The van der Waals surface area contributed by atoms with E-state index in [1.165, 1.54) is 12.8 Å². The number of carbonyl (C=O) groups is 1. The minimum absolute atomic E-state index is 0.0179. The molecule has 1 aromatic carbocycles. The Balaban J connectivity index is 1.48. The molecule has 1 fully saturated rings. The zero-order valence-corrected chi connectivity index (χ0v) is 12.8. The molecule has 1 atom stereocenters. The SMILES string of the molecule is O=C(NCCCC[C@H]1CCCO1)c1ccnc2ccccc12. The average Bonchev–Trinajstić information content (AvgIpc) is 3.07. The Morgan fingerprint density at radius 1 is 1.27 bits per heavy atom. The van der Waals surface area contributed by atoms with Crippen molar-refractivity contribution in [1.82, 2.24) is 10.3 Å². The molecule has 1 aromatic heterocycles. The molecule has 4 nitrogen and oxygen atoms in total. The number of ether oxygens (including phenoxy) is 1. The van der Waals surface area contributed by atoms with Crippen LogP contribution in [0.15, 0.2) is 36.5 Å². The van der Waals surface area contributed by atoms with Gasteiger partial charge in [0.2, 0.25) is 0 Å². The summed E-state index contributed by atoms with van der Waals surface area (Å²) in [5.74, 6) is -0.0179. The Bertz CT molecular complexity index is 631. The van der Waals surface area contributed by atoms with Gasteiger partial charge in [0.05, 0.1) is 17.2 Å². The molecule has 0 saturated carbocycles. The van der Waals surface area contributed by atoms with Gasteiger partial charge >= 0.3 is 0 Å². The second kappa shape index (κ2) is 7.36. The van der Waals surface area contributed by atoms with Crippen LogP contribution in [-0.2, 0) is 4.74 Å². The van der Waals surface area contributed by atoms with Crippen LogP contribution in [0.3, 0.4) is 0 Å². The van der Waals surface area contributed by atoms with Gasteiger partial charge in [-0.15, -0.1) is 0 Å². The van der Waals surface area contributed by atoms with E-state index in [-0.39, 0.29) is 5.91 Å². The van der Waals surface area contributed by atoms with Gasteiger partial charge in [-0.05, 0) is 44.2 Å². The minimum atomic E-state index is -0.0179. The van der Waals surface area contributed by atoms with E-state index in [4.69, 9.17) is 4.74 Å². The number of fused-ring (bicyclic) bond motifs is 1. The second-order valence-corrected chi connectivity index (χ2v) is 5.76. The summed E-state index contributed by atoms with van der Waals surface area (Å²) in [4.78, 5) is 16.6. The highest BCUT2D eigenvalue weighted by molar-refractivity contribution is 6.05. The van der Waals surface area contributed by atoms with E-state index in [1.54, 1.807) is 12.3 Å². The molecule has 0 aliphatic carbocycles. The van der Waals surface area contributed by atoms with Gasteiger partial charge in [-0.3, -0.25) is 9.78 Å². The third kappa shape index (κ3) is 3.63. The summed E-state index contributed by atoms with van der Waals surface area (Å²) >= 11 is 0. The number of hydrogen-bond acceptors (Lipinski definition) is 3. The van der Waals surface area contributed by atoms with Crippen molar-refractivity contribution in [2.45, 2.75) is 38.2 Å². The van der Waals surface area contributed by atoms with Crippen LogP contribution in [0, 0.1) is 0 Å². The Morgan fingerprint density at radius 2 is 2.18 bits per heavy atom. The summed E-state index contributed by atoms with van der Waals surface area (Å²) in [7, 11) is 0. The first kappa shape index (κ1) is 15.0. The molecule has 1 aliphatic heterocycles. The van der Waals surface area contributed by atoms with E-state index >= 15 is 0 Å². The molecular weight excluding hydrogens is 276 g/mol. The maximum atomic E-state index is 12.3. The number of hydrogen-bond donors (Lipinski definition) is 1. The van der Waals surface area contributed by atoms with Crippen molar-refractivity contribution in [2.24, 2.45) is 0 Å². The van der Waals surface area contributed by atoms with Gasteiger partial charge in [0, 0.05) is 24.7 Å². The number of pyridine rings is 1. The highest BCUT2D eigenvalue weighted by Crippen LogP contribution is 2.18. The normalized spacial score (nSPS) is 17.7. The largest absolute Gasteiger partial charge is 0.378 e. The molecule has 1 aliphatic rings. The quantitative estimate of drug-likeness (QED) is 0.832. The first-order valence-electron chi connectivity index (χ1n) is 8.08. The smallest absolute Gasteiger partial charge is 0.252 e. The lowest BCUT2D eigenvalue weighted by atomic mass is 10.1. The fourth-order valence-corrected chi connectivity index (χ4v) is 2.96. The van der Waals surface area contributed by atoms with Crippen molar-refractivity contribution < 1.29 is 9.53 Å². The van der Waals surface area contributed by atoms with E-state index in [0.29, 0.717) is 18.2 Å². The standard InChI is InChI=1S/C18H22N2O2/c21-18(20-11-4-3-6-14-7-5-13-22-14)16-10-12-19-17-9-2-1-8-15(16)17/h1-2,8-10,12,14H,3-7,11,13H2,(H,20,21)/t14-/m0/s1. The van der Waals surface area contributed by atoms with Crippen LogP contribution in [0.2, 0.25) is 0 Å². The highest BCUT2D eigenvalue weighted by atomic mass is 16.5. The third-order valence-corrected chi connectivity index (χ3v) is 4.16. The summed E-state index contributed by atoms with van der Waals surface area (Å²) in [5, 5.41) is 3.91. The minimum Gasteiger partial charge on any atom is -0.378 e. The molecule has 2 aromatic rings. The van der Waals surface area contributed by atoms with Gasteiger partial charge in [0.15, 0.2) is 0 Å². The van der Waals surface area contributed by atoms with Crippen molar-refractivity contribution >= 4 is 16.8 Å². The number of nitrogens with one attached hydrogen (secondary N) is 1. The number of para-hydroxylation sites is 1. The van der Waals surface area contributed by atoms with Crippen molar-refractivity contribution in [3.05, 3.63) is 42.1 Å². The summed E-state index contributed by atoms with van der Waals surface area (Å²) in [5.41, 5.74) is 1.55. The van der Waals surface area contributed by atoms with Gasteiger partial charge in [-0.2, -0.15) is 0 Å². The molecule has 1 N–H and O–H groups in total. The molecular formula is C18H22N2O2. The topological polar surface area (TPSA) is 51.2 Å². The predicted octanol–water partition coefficient (Wildman–Crippen LogP) is 3.31. The maximum Gasteiger partial charge on any atom is 0.252 e. The number of unbranched alkanes of at least 4 members (excludes halogenated alkanes) is 1. The molecule has 0 radical (unpaired) electrons. The highest BCUT2D eigenvalue weighted by Gasteiger charge is 2.14. The van der Waals surface area contributed by atoms with Gasteiger partial charge < -0.3 is 10.1 Å². The van der Waals surface area contributed by atoms with Crippen molar-refractivity contribution in [1.29, 1.82) is 0 Å². The molecule has 1 amide bonds. The molecule has 3 rings (SSSR count). The van der Waals surface area contributed by atoms with Gasteiger partial charge in [0.25, 0.3) is 5.91 Å². The average molecular weight is 298 g/mol. The molecule has 0 unspecified atom stereocenters. The van der Waals surface area contributed by atoms with Crippen LogP contribution in [0.4, 0.5) is 0 Å². The van der Waals surface area contributed by atoms with Crippen LogP contribution in [0.1, 0.15) is 42.5 Å². The van der Waals surface area contributed by atoms with Crippen LogP contribution in [0.25, 0.3) is 10.9 Å². The Hall–Kier alpha value is -1.94. The third-order valence-electron chi connectivity index (χ3n) is 4.16. The molecule has 1 saturated heterocycles. The first-order valence-corrected chi connectivity index (χ1v) is 8.08. The number of benzene rings is 1. The van der Waals surface area contributed by atoms with Crippen molar-refractivity contribution in [3.63, 3.8) is 0 Å². The summed E-state index contributed by atoms with van der Waals surface area (Å²) < 4.78 is 5.60. The number of carbonyl (C=O) groups excluding carboxylic acids is 1. The predicted molar refractivity (Wildman–Crippen MR) is 86.9 cm³/mol. The fourth-order valence-electron chi connectivity index (χ4n) is 2.96. The summed E-state index contributed by atoms with van der Waals surface area (Å²) in [6.07, 6.45) is 7.71. The zero-order chi connectivity index (χ0) is 15.2. The van der Waals surface area contributed by atoms with E-state index in [2.05, 4.69) is 10.3 Å². The lowest BCUT2D eigenvalue weighted by molar-refractivity contribution is 0.0948. The fraction of sp³-hybridized carbons (Fsp3) is 0.444. The van der Waals surface area contributed by atoms with Crippen LogP contribution >= 0.6 is 0 Å². The number of amides is 1. The van der Waals surface area contributed by atoms with Crippen LogP contribution < -0.4 is 5.32 Å². The zero-order valence-electron chi connectivity index (χ0n) is 12.8. The first-order chi connectivity index (χ1) is 10.8. The lowest BCUT2D eigenvalue weighted by Gasteiger charge is -2.10. The van der Waals surface area contributed by atoms with Crippen molar-refractivity contribution in [2.75, 3.05) is 13.2 Å².